The van der Waals surface area contributed by atoms with Crippen molar-refractivity contribution in [1.82, 2.24) is 4.90 Å². The van der Waals surface area contributed by atoms with Crippen molar-refractivity contribution in [2.24, 2.45) is 17.8 Å². The molecule has 390 valence electrons. The van der Waals surface area contributed by atoms with Gasteiger partial charge >= 0.3 is 5.97 Å². The number of allylic oxidation sites excluding steroid dienone is 6. The maximum Gasteiger partial charge on any atom is 0.329 e. The number of ketones is 3. The Bertz CT molecular complexity index is 1870. The summed E-state index contributed by atoms with van der Waals surface area (Å²) in [6, 6.07) is -1.12. The molecule has 0 spiro atoms. The predicted molar refractivity (Wildman–Crippen MR) is 268 cm³/mol. The van der Waals surface area contributed by atoms with Crippen LogP contribution in [0.5, 0.6) is 0 Å². The molecule has 2 N–H and O–H groups in total. The number of rotatable bonds is 8. The monoisotopic (exact) mass is 986 g/mol. The standard InChI is InChI=1S/C54H87NO13Si/c1-35-21-17-15-13-14-16-18-23-43(57)49(65-10)48(58)36(2)24-27-40(56)33-46(37(3)31-39-26-29-44(47(32-39)64-9)68-69(11,12)53(5,6)7)66-52(61)42-22-19-20-30-55(42)51(60)50(59)54(62)38(4)25-28-41(67-54)34-45(35)63-8/h13-15,17,21,24,37-39,41-42,44-49,58,62H,16,18-20,22-23,25-34H2,1-12H3/b14-13+,17-15?,35-21?,36-24+/t37-,38-,39+,41+,42+,44?,45+,46+,47-,48-,49+,54-/m1/s1. The van der Waals surface area contributed by atoms with Crippen LogP contribution in [0, 0.1) is 17.8 Å². The van der Waals surface area contributed by atoms with Crippen LogP contribution < -0.4 is 0 Å². The highest BCUT2D eigenvalue weighted by Crippen LogP contribution is 2.42. The molecule has 4 aliphatic rings. The summed E-state index contributed by atoms with van der Waals surface area (Å²) in [6.45, 7) is 18.5. The van der Waals surface area contributed by atoms with Crippen LogP contribution in [0.3, 0.4) is 0 Å². The van der Waals surface area contributed by atoms with E-state index in [1.54, 1.807) is 34.1 Å². The van der Waals surface area contributed by atoms with Gasteiger partial charge in [0.15, 0.2) is 14.1 Å². The van der Waals surface area contributed by atoms with E-state index in [0.717, 1.165) is 24.8 Å². The van der Waals surface area contributed by atoms with Crippen molar-refractivity contribution in [1.29, 1.82) is 0 Å². The van der Waals surface area contributed by atoms with E-state index in [1.165, 1.54) is 12.0 Å². The SMILES string of the molecule is CO[C@H]1C[C@@H]2CC[C@@H](C)[C@@](O)(O2)C(=O)C(=O)N2CCCC[C@H]2C(=O)O[C@H]([C@H](C)C[C@@H]2CCC(O[Si](C)(C)C(C)(C)C)[C@H](OC)C2)CC(=O)C/C=C(\C)[C@@H](O)[C@@H](OC)C(=O)CCC/C=C/C=CC=C1C. The van der Waals surface area contributed by atoms with Crippen molar-refractivity contribution in [3.8, 4) is 0 Å². The number of fused-ring (bicyclic) bond motifs is 3. The topological polar surface area (TPSA) is 184 Å². The van der Waals surface area contributed by atoms with Crippen LogP contribution in [0.1, 0.15) is 145 Å². The van der Waals surface area contributed by atoms with Crippen molar-refractivity contribution in [3.63, 3.8) is 0 Å². The summed E-state index contributed by atoms with van der Waals surface area (Å²) in [5.74, 6) is -6.56. The summed E-state index contributed by atoms with van der Waals surface area (Å²) in [7, 11) is 2.60. The van der Waals surface area contributed by atoms with Crippen LogP contribution in [-0.4, -0.2) is 135 Å². The molecular weight excluding hydrogens is 899 g/mol. The quantitative estimate of drug-likeness (QED) is 0.102. The number of esters is 1. The lowest BCUT2D eigenvalue weighted by atomic mass is 9.78. The zero-order valence-electron chi connectivity index (χ0n) is 44.0. The molecule has 14 nitrogen and oxygen atoms in total. The summed E-state index contributed by atoms with van der Waals surface area (Å²) in [5, 5.41) is 23.2. The first-order valence-corrected chi connectivity index (χ1v) is 28.5. The number of ether oxygens (including phenoxy) is 5. The second-order valence-corrected chi connectivity index (χ2v) is 26.6. The second kappa shape index (κ2) is 26.5. The van der Waals surface area contributed by atoms with Crippen molar-refractivity contribution in [3.05, 3.63) is 47.6 Å². The second-order valence-electron chi connectivity index (χ2n) is 21.9. The Balaban J connectivity index is 1.64. The lowest BCUT2D eigenvalue weighted by molar-refractivity contribution is -0.265. The summed E-state index contributed by atoms with van der Waals surface area (Å²) >= 11 is 0. The van der Waals surface area contributed by atoms with E-state index in [9.17, 15) is 34.2 Å². The molecule has 1 saturated carbocycles. The fraction of sp³-hybridized carbons (Fsp3) is 0.759. The van der Waals surface area contributed by atoms with Gasteiger partial charge in [-0.3, -0.25) is 19.2 Å². The number of aliphatic hydroxyl groups excluding tert-OH is 1. The summed E-state index contributed by atoms with van der Waals surface area (Å²) in [6.07, 6.45) is 13.5. The third-order valence-corrected chi connectivity index (χ3v) is 20.2. The number of hydrogen-bond donors (Lipinski definition) is 2. The number of cyclic esters (lactones) is 1. The van der Waals surface area contributed by atoms with Gasteiger partial charge in [-0.1, -0.05) is 71.1 Å². The van der Waals surface area contributed by atoms with Gasteiger partial charge < -0.3 is 43.2 Å². The number of carbonyl (C=O) groups excluding carboxylic acids is 5. The molecule has 12 atom stereocenters. The zero-order chi connectivity index (χ0) is 51.3. The van der Waals surface area contributed by atoms with Gasteiger partial charge in [-0.15, -0.1) is 0 Å². The molecule has 0 radical (unpaired) electrons. The van der Waals surface area contributed by atoms with Crippen LogP contribution >= 0.6 is 0 Å². The van der Waals surface area contributed by atoms with Gasteiger partial charge in [-0.05, 0) is 126 Å². The third kappa shape index (κ3) is 15.9. The van der Waals surface area contributed by atoms with Gasteiger partial charge in [0.25, 0.3) is 11.7 Å². The molecule has 1 unspecified atom stereocenters. The molecule has 3 heterocycles. The van der Waals surface area contributed by atoms with Gasteiger partial charge in [0.2, 0.25) is 5.79 Å². The van der Waals surface area contributed by atoms with Gasteiger partial charge in [0.05, 0.1) is 24.4 Å². The number of methoxy groups -OCH3 is 3. The van der Waals surface area contributed by atoms with E-state index in [1.807, 2.05) is 44.2 Å². The number of amides is 1. The van der Waals surface area contributed by atoms with Crippen LogP contribution in [0.25, 0.3) is 0 Å². The maximum absolute atomic E-state index is 14.5. The first kappa shape index (κ1) is 58.4. The molecule has 1 amide bonds. The minimum atomic E-state index is -2.42. The predicted octanol–water partition coefficient (Wildman–Crippen LogP) is 8.47. The lowest BCUT2D eigenvalue weighted by Gasteiger charge is -2.44. The molecule has 3 aliphatic heterocycles. The Morgan fingerprint density at radius 3 is 2.28 bits per heavy atom. The average Bonchev–Trinajstić information content (AvgIpc) is 3.30. The van der Waals surface area contributed by atoms with E-state index < -0.39 is 74.2 Å². The molecule has 2 bridgehead atoms. The normalized spacial score (nSPS) is 34.8. The van der Waals surface area contributed by atoms with Crippen LogP contribution in [0.2, 0.25) is 18.1 Å². The minimum Gasteiger partial charge on any atom is -0.460 e. The number of piperidine rings is 1. The molecule has 4 rings (SSSR count). The Morgan fingerprint density at radius 2 is 1.61 bits per heavy atom. The largest absolute Gasteiger partial charge is 0.460 e. The third-order valence-electron chi connectivity index (χ3n) is 15.7. The molecular formula is C54H87NO13Si. The minimum absolute atomic E-state index is 0.0385. The van der Waals surface area contributed by atoms with Crippen LogP contribution in [-0.2, 0) is 52.1 Å². The first-order valence-electron chi connectivity index (χ1n) is 25.6. The van der Waals surface area contributed by atoms with Crippen molar-refractivity contribution >= 4 is 37.5 Å². The first-order chi connectivity index (χ1) is 32.5. The molecule has 2 saturated heterocycles. The van der Waals surface area contributed by atoms with Gasteiger partial charge in [-0.2, -0.15) is 0 Å². The summed E-state index contributed by atoms with van der Waals surface area (Å²) in [4.78, 5) is 71.4. The average molecular weight is 986 g/mol. The number of carbonyl (C=O) groups is 5. The molecule has 15 heteroatoms. The summed E-state index contributed by atoms with van der Waals surface area (Å²) < 4.78 is 36.7. The van der Waals surface area contributed by atoms with E-state index in [0.29, 0.717) is 56.9 Å². The molecule has 0 aromatic carbocycles. The molecule has 0 aromatic heterocycles. The summed E-state index contributed by atoms with van der Waals surface area (Å²) in [5.41, 5.74) is 1.30. The molecule has 1 aliphatic carbocycles. The lowest BCUT2D eigenvalue weighted by Crippen LogP contribution is -2.61. The van der Waals surface area contributed by atoms with Crippen molar-refractivity contribution in [2.75, 3.05) is 27.9 Å². The molecule has 69 heavy (non-hydrogen) atoms. The van der Waals surface area contributed by atoms with Crippen molar-refractivity contribution < 1.29 is 62.3 Å². The number of aliphatic hydroxyl groups is 2. The van der Waals surface area contributed by atoms with E-state index in [4.69, 9.17) is 28.1 Å². The van der Waals surface area contributed by atoms with Crippen molar-refractivity contribution in [2.45, 2.75) is 217 Å². The van der Waals surface area contributed by atoms with Gasteiger partial charge in [0, 0.05) is 59.5 Å². The molecule has 3 fully saturated rings. The Kier molecular flexibility index (Phi) is 22.4. The fourth-order valence-corrected chi connectivity index (χ4v) is 11.4. The smallest absolute Gasteiger partial charge is 0.329 e. The van der Waals surface area contributed by atoms with E-state index in [2.05, 4.69) is 33.9 Å². The Labute approximate surface area is 414 Å². The highest BCUT2D eigenvalue weighted by molar-refractivity contribution is 6.74. The van der Waals surface area contributed by atoms with Gasteiger partial charge in [-0.25, -0.2) is 4.79 Å². The highest BCUT2D eigenvalue weighted by Gasteiger charge is 2.53. The maximum atomic E-state index is 14.5. The number of hydrogen-bond acceptors (Lipinski definition) is 13. The highest BCUT2D eigenvalue weighted by atomic mass is 28.4. The van der Waals surface area contributed by atoms with E-state index in [-0.39, 0.29) is 72.9 Å². The zero-order valence-corrected chi connectivity index (χ0v) is 45.0. The van der Waals surface area contributed by atoms with E-state index >= 15 is 0 Å². The number of Topliss-reactive ketones (excluding diaryl/α,β-unsaturated/α-hetero) is 3. The number of nitrogens with zero attached hydrogens (tertiary/aromatic N) is 1. The fourth-order valence-electron chi connectivity index (χ4n) is 9.98. The Hall–Kier alpha value is -3.15. The van der Waals surface area contributed by atoms with Crippen LogP contribution in [0.4, 0.5) is 0 Å². The van der Waals surface area contributed by atoms with Gasteiger partial charge in [0.1, 0.15) is 30.1 Å². The molecule has 0 aromatic rings. The Morgan fingerprint density at radius 1 is 0.884 bits per heavy atom. The van der Waals surface area contributed by atoms with Crippen LogP contribution in [0.15, 0.2) is 47.6 Å².